The fourth-order valence-corrected chi connectivity index (χ4v) is 1.96. The summed E-state index contributed by atoms with van der Waals surface area (Å²) in [6, 6.07) is 3.00. The topological polar surface area (TPSA) is 64.8 Å². The molecule has 2 N–H and O–H groups in total. The lowest BCUT2D eigenvalue weighted by atomic mass is 10.2. The van der Waals surface area contributed by atoms with Gasteiger partial charge in [0.2, 0.25) is 0 Å². The molecule has 17 heavy (non-hydrogen) atoms. The van der Waals surface area contributed by atoms with Crippen molar-refractivity contribution < 1.29 is 14.3 Å². The molecule has 0 bridgehead atoms. The number of nitrogens with two attached hydrogens (primary N) is 1. The third-order valence-electron chi connectivity index (χ3n) is 2.38. The van der Waals surface area contributed by atoms with E-state index in [0.29, 0.717) is 17.2 Å². The van der Waals surface area contributed by atoms with Gasteiger partial charge in [0.25, 0.3) is 0 Å². The van der Waals surface area contributed by atoms with Crippen LogP contribution in [0.2, 0.25) is 0 Å². The van der Waals surface area contributed by atoms with Crippen LogP contribution in [0.5, 0.6) is 11.5 Å². The van der Waals surface area contributed by atoms with Crippen molar-refractivity contribution in [3.8, 4) is 11.5 Å². The minimum atomic E-state index is -0.553. The zero-order chi connectivity index (χ0) is 13.0. The number of methoxy groups -OCH3 is 2. The van der Waals surface area contributed by atoms with E-state index in [9.17, 15) is 4.79 Å². The van der Waals surface area contributed by atoms with Crippen LogP contribution in [0.1, 0.15) is 0 Å². The molecule has 0 aliphatic carbocycles. The van der Waals surface area contributed by atoms with Crippen LogP contribution in [0, 0.1) is 0 Å². The van der Waals surface area contributed by atoms with Crippen molar-refractivity contribution in [1.82, 2.24) is 0 Å². The zero-order valence-electron chi connectivity index (χ0n) is 10.3. The Morgan fingerprint density at radius 1 is 1.29 bits per heavy atom. The number of carbonyl (C=O) groups excluding carboxylic acids is 1. The van der Waals surface area contributed by atoms with Crippen LogP contribution in [-0.4, -0.2) is 33.6 Å². The number of amides is 2. The number of benzene rings is 1. The number of thioether (sulfide) groups is 1. The van der Waals surface area contributed by atoms with Crippen molar-refractivity contribution in [3.63, 3.8) is 0 Å². The van der Waals surface area contributed by atoms with Crippen molar-refractivity contribution in [2.24, 2.45) is 5.73 Å². The van der Waals surface area contributed by atoms with Crippen LogP contribution in [0.15, 0.2) is 17.0 Å². The van der Waals surface area contributed by atoms with Gasteiger partial charge in [-0.05, 0) is 12.3 Å². The molecule has 0 saturated carbocycles. The van der Waals surface area contributed by atoms with Crippen LogP contribution in [0.4, 0.5) is 10.5 Å². The lowest BCUT2D eigenvalue weighted by molar-refractivity contribution is 0.255. The second-order valence-electron chi connectivity index (χ2n) is 3.28. The average Bonchev–Trinajstić information content (AvgIpc) is 2.35. The molecular formula is C11H16N2O3S. The summed E-state index contributed by atoms with van der Waals surface area (Å²) in [6.07, 6.45) is 1.94. The average molecular weight is 256 g/mol. The summed E-state index contributed by atoms with van der Waals surface area (Å²) in [7, 11) is 4.71. The van der Waals surface area contributed by atoms with E-state index in [0.717, 1.165) is 4.90 Å². The molecule has 0 atom stereocenters. The second-order valence-corrected chi connectivity index (χ2v) is 4.12. The molecule has 0 aliphatic heterocycles. The van der Waals surface area contributed by atoms with Gasteiger partial charge in [0.15, 0.2) is 0 Å². The van der Waals surface area contributed by atoms with Gasteiger partial charge >= 0.3 is 6.03 Å². The summed E-state index contributed by atoms with van der Waals surface area (Å²) in [5.74, 6) is 1.26. The highest BCUT2D eigenvalue weighted by Crippen LogP contribution is 2.38. The summed E-state index contributed by atoms with van der Waals surface area (Å²) in [5.41, 5.74) is 5.82. The Labute approximate surface area is 105 Å². The van der Waals surface area contributed by atoms with E-state index < -0.39 is 6.03 Å². The maximum absolute atomic E-state index is 11.2. The van der Waals surface area contributed by atoms with Crippen LogP contribution < -0.4 is 20.1 Å². The highest BCUT2D eigenvalue weighted by Gasteiger charge is 2.16. The third kappa shape index (κ3) is 2.76. The quantitative estimate of drug-likeness (QED) is 0.836. The smallest absolute Gasteiger partial charge is 0.319 e. The second kappa shape index (κ2) is 5.67. The largest absolute Gasteiger partial charge is 0.496 e. The zero-order valence-corrected chi connectivity index (χ0v) is 11.1. The Kier molecular flexibility index (Phi) is 4.51. The van der Waals surface area contributed by atoms with E-state index in [1.807, 2.05) is 12.3 Å². The van der Waals surface area contributed by atoms with E-state index in [1.54, 1.807) is 27.3 Å². The SMILES string of the molecule is COc1cc(N(C)C(N)=O)c(OC)cc1SC. The molecule has 0 fully saturated rings. The molecule has 1 aromatic rings. The Balaban J connectivity index is 3.33. The fourth-order valence-electron chi connectivity index (χ4n) is 1.39. The van der Waals surface area contributed by atoms with E-state index in [1.165, 1.54) is 16.7 Å². The summed E-state index contributed by atoms with van der Waals surface area (Å²) in [6.45, 7) is 0. The van der Waals surface area contributed by atoms with Gasteiger partial charge in [0.1, 0.15) is 11.5 Å². The molecule has 5 nitrogen and oxygen atoms in total. The molecule has 94 valence electrons. The molecule has 1 rings (SSSR count). The Bertz CT molecular complexity index is 423. The monoisotopic (exact) mass is 256 g/mol. The highest BCUT2D eigenvalue weighted by atomic mass is 32.2. The lowest BCUT2D eigenvalue weighted by Gasteiger charge is -2.20. The summed E-state index contributed by atoms with van der Waals surface area (Å²) in [5, 5.41) is 0. The predicted octanol–water partition coefficient (Wildman–Crippen LogP) is 1.94. The minimum absolute atomic E-state index is 0.553. The first-order valence-electron chi connectivity index (χ1n) is 4.88. The van der Waals surface area contributed by atoms with Gasteiger partial charge in [-0.3, -0.25) is 4.90 Å². The van der Waals surface area contributed by atoms with Gasteiger partial charge in [-0.2, -0.15) is 0 Å². The number of ether oxygens (including phenoxy) is 2. The van der Waals surface area contributed by atoms with Gasteiger partial charge in [0, 0.05) is 13.1 Å². The number of hydrogen-bond acceptors (Lipinski definition) is 4. The van der Waals surface area contributed by atoms with Crippen LogP contribution >= 0.6 is 11.8 Å². The highest BCUT2D eigenvalue weighted by molar-refractivity contribution is 7.98. The van der Waals surface area contributed by atoms with Crippen LogP contribution in [0.3, 0.4) is 0 Å². The third-order valence-corrected chi connectivity index (χ3v) is 3.14. The van der Waals surface area contributed by atoms with Crippen LogP contribution in [0.25, 0.3) is 0 Å². The number of nitrogens with zero attached hydrogens (tertiary/aromatic N) is 1. The van der Waals surface area contributed by atoms with Crippen molar-refractivity contribution in [2.45, 2.75) is 4.90 Å². The first kappa shape index (κ1) is 13.5. The van der Waals surface area contributed by atoms with Crippen molar-refractivity contribution in [1.29, 1.82) is 0 Å². The number of anilines is 1. The van der Waals surface area contributed by atoms with Crippen molar-refractivity contribution in [3.05, 3.63) is 12.1 Å². The van der Waals surface area contributed by atoms with E-state index in [-0.39, 0.29) is 0 Å². The minimum Gasteiger partial charge on any atom is -0.496 e. The number of hydrogen-bond donors (Lipinski definition) is 1. The van der Waals surface area contributed by atoms with Gasteiger partial charge in [-0.15, -0.1) is 11.8 Å². The van der Waals surface area contributed by atoms with Gasteiger partial charge in [-0.25, -0.2) is 4.79 Å². The van der Waals surface area contributed by atoms with Gasteiger partial charge < -0.3 is 15.2 Å². The maximum Gasteiger partial charge on any atom is 0.319 e. The molecule has 6 heteroatoms. The standard InChI is InChI=1S/C11H16N2O3S/c1-13(11(12)14)7-5-9(16-3)10(17-4)6-8(7)15-2/h5-6H,1-4H3,(H2,12,14). The fraction of sp³-hybridized carbons (Fsp3) is 0.364. The van der Waals surface area contributed by atoms with Gasteiger partial charge in [0.05, 0.1) is 24.8 Å². The number of urea groups is 1. The molecule has 0 saturated heterocycles. The molecule has 1 aromatic carbocycles. The molecule has 2 amide bonds. The summed E-state index contributed by atoms with van der Waals surface area (Å²) < 4.78 is 10.5. The molecule has 0 radical (unpaired) electrons. The molecule has 0 unspecified atom stereocenters. The van der Waals surface area contributed by atoms with E-state index in [4.69, 9.17) is 15.2 Å². The molecule has 0 heterocycles. The first-order valence-corrected chi connectivity index (χ1v) is 6.10. The molecule has 0 aromatic heterocycles. The van der Waals surface area contributed by atoms with E-state index in [2.05, 4.69) is 0 Å². The normalized spacial score (nSPS) is 9.88. The number of rotatable bonds is 4. The number of primary amides is 1. The molecule has 0 aliphatic rings. The Morgan fingerprint density at radius 2 is 1.88 bits per heavy atom. The first-order chi connectivity index (χ1) is 8.04. The Morgan fingerprint density at radius 3 is 2.29 bits per heavy atom. The summed E-state index contributed by atoms with van der Waals surface area (Å²) in [4.78, 5) is 13.4. The van der Waals surface area contributed by atoms with Crippen molar-refractivity contribution in [2.75, 3.05) is 32.4 Å². The molecular weight excluding hydrogens is 240 g/mol. The van der Waals surface area contributed by atoms with Crippen molar-refractivity contribution >= 4 is 23.5 Å². The van der Waals surface area contributed by atoms with Crippen LogP contribution in [-0.2, 0) is 0 Å². The lowest BCUT2D eigenvalue weighted by Crippen LogP contribution is -2.32. The predicted molar refractivity (Wildman–Crippen MR) is 69.3 cm³/mol. The number of carbonyl (C=O) groups is 1. The summed E-state index contributed by atoms with van der Waals surface area (Å²) >= 11 is 1.54. The maximum atomic E-state index is 11.2. The van der Waals surface area contributed by atoms with Gasteiger partial charge in [-0.1, -0.05) is 0 Å². The Hall–Kier alpha value is -1.56. The van der Waals surface area contributed by atoms with E-state index >= 15 is 0 Å². The molecule has 0 spiro atoms.